The largest absolute Gasteiger partial charge is 0.495 e. The quantitative estimate of drug-likeness (QED) is 0.769. The van der Waals surface area contributed by atoms with Gasteiger partial charge in [-0.3, -0.25) is 4.79 Å². The van der Waals surface area contributed by atoms with Crippen molar-refractivity contribution in [2.24, 2.45) is 0 Å². The van der Waals surface area contributed by atoms with Gasteiger partial charge in [0.25, 0.3) is 0 Å². The van der Waals surface area contributed by atoms with E-state index in [2.05, 4.69) is 5.32 Å². The molecular formula is C18H21ClN2O3. The van der Waals surface area contributed by atoms with Gasteiger partial charge in [-0.2, -0.15) is 0 Å². The summed E-state index contributed by atoms with van der Waals surface area (Å²) in [4.78, 5) is 14.3. The zero-order valence-electron chi connectivity index (χ0n) is 13.5. The molecule has 1 amide bonds. The minimum absolute atomic E-state index is 0.0824. The molecule has 0 aliphatic heterocycles. The molecule has 24 heavy (non-hydrogen) atoms. The number of ether oxygens (including phenoxy) is 1. The molecule has 2 aromatic carbocycles. The molecule has 0 fully saturated rings. The summed E-state index contributed by atoms with van der Waals surface area (Å²) in [6.07, 6.45) is 0.594. The van der Waals surface area contributed by atoms with Crippen molar-refractivity contribution in [1.82, 2.24) is 0 Å². The van der Waals surface area contributed by atoms with Crippen molar-refractivity contribution in [3.05, 3.63) is 53.6 Å². The van der Waals surface area contributed by atoms with E-state index in [1.165, 1.54) is 0 Å². The van der Waals surface area contributed by atoms with Gasteiger partial charge in [0.1, 0.15) is 5.75 Å². The fourth-order valence-electron chi connectivity index (χ4n) is 2.32. The number of benzene rings is 2. The van der Waals surface area contributed by atoms with Crippen LogP contribution in [0.4, 0.5) is 11.4 Å². The Balaban J connectivity index is 2.03. The van der Waals surface area contributed by atoms with Gasteiger partial charge in [-0.15, -0.1) is 0 Å². The van der Waals surface area contributed by atoms with Gasteiger partial charge in [0, 0.05) is 24.5 Å². The van der Waals surface area contributed by atoms with Crippen LogP contribution in [-0.2, 0) is 4.79 Å². The third-order valence-corrected chi connectivity index (χ3v) is 3.77. The summed E-state index contributed by atoms with van der Waals surface area (Å²) >= 11 is 6.07. The van der Waals surface area contributed by atoms with Crippen molar-refractivity contribution in [3.63, 3.8) is 0 Å². The molecule has 0 atom stereocenters. The van der Waals surface area contributed by atoms with Crippen LogP contribution >= 0.6 is 11.6 Å². The number of hydrogen-bond acceptors (Lipinski definition) is 4. The summed E-state index contributed by atoms with van der Waals surface area (Å²) in [6.45, 7) is 0.865. The highest BCUT2D eigenvalue weighted by atomic mass is 35.5. The van der Waals surface area contributed by atoms with Gasteiger partial charge < -0.3 is 20.1 Å². The van der Waals surface area contributed by atoms with Gasteiger partial charge >= 0.3 is 0 Å². The lowest BCUT2D eigenvalue weighted by atomic mass is 10.2. The molecule has 128 valence electrons. The number of nitrogens with one attached hydrogen (secondary N) is 1. The number of carbonyl (C=O) groups is 1. The SMILES string of the molecule is COc1ccc(NC(=O)CN(CCCO)c2ccccc2)cc1Cl. The highest BCUT2D eigenvalue weighted by Crippen LogP contribution is 2.27. The van der Waals surface area contributed by atoms with Crippen molar-refractivity contribution in [2.45, 2.75) is 6.42 Å². The van der Waals surface area contributed by atoms with E-state index in [0.717, 1.165) is 5.69 Å². The monoisotopic (exact) mass is 348 g/mol. The Morgan fingerprint density at radius 1 is 1.25 bits per heavy atom. The molecule has 0 heterocycles. The zero-order valence-corrected chi connectivity index (χ0v) is 14.3. The summed E-state index contributed by atoms with van der Waals surface area (Å²) in [7, 11) is 1.54. The molecule has 0 aromatic heterocycles. The minimum atomic E-state index is -0.155. The van der Waals surface area contributed by atoms with Crippen LogP contribution in [0.3, 0.4) is 0 Å². The van der Waals surface area contributed by atoms with E-state index in [1.807, 2.05) is 35.2 Å². The maximum atomic E-state index is 12.3. The highest BCUT2D eigenvalue weighted by Gasteiger charge is 2.12. The second-order valence-corrected chi connectivity index (χ2v) is 5.64. The number of rotatable bonds is 8. The first kappa shape index (κ1) is 18.1. The van der Waals surface area contributed by atoms with Crippen LogP contribution in [0.15, 0.2) is 48.5 Å². The van der Waals surface area contributed by atoms with Crippen LogP contribution in [0, 0.1) is 0 Å². The molecule has 6 heteroatoms. The number of amides is 1. The van der Waals surface area contributed by atoms with E-state index in [9.17, 15) is 4.79 Å². The molecule has 2 N–H and O–H groups in total. The molecule has 0 bridgehead atoms. The van der Waals surface area contributed by atoms with Crippen molar-refractivity contribution in [1.29, 1.82) is 0 Å². The fraction of sp³-hybridized carbons (Fsp3) is 0.278. The Bertz CT molecular complexity index is 665. The predicted molar refractivity (Wildman–Crippen MR) is 97.0 cm³/mol. The van der Waals surface area contributed by atoms with Crippen LogP contribution in [0.25, 0.3) is 0 Å². The van der Waals surface area contributed by atoms with Crippen molar-refractivity contribution in [2.75, 3.05) is 37.0 Å². The Morgan fingerprint density at radius 3 is 2.62 bits per heavy atom. The molecule has 2 aromatic rings. The number of aliphatic hydroxyl groups excluding tert-OH is 1. The number of halogens is 1. The molecule has 5 nitrogen and oxygen atoms in total. The molecule has 0 saturated carbocycles. The Morgan fingerprint density at radius 2 is 2.00 bits per heavy atom. The molecule has 0 unspecified atom stereocenters. The first-order chi connectivity index (χ1) is 11.6. The number of carbonyl (C=O) groups excluding carboxylic acids is 1. The molecule has 0 aliphatic carbocycles. The molecule has 0 saturated heterocycles. The number of methoxy groups -OCH3 is 1. The van der Waals surface area contributed by atoms with Crippen LogP contribution in [0.2, 0.25) is 5.02 Å². The molecule has 0 radical (unpaired) electrons. The molecular weight excluding hydrogens is 328 g/mol. The lowest BCUT2D eigenvalue weighted by molar-refractivity contribution is -0.115. The molecule has 0 aliphatic rings. The molecule has 0 spiro atoms. The Hall–Kier alpha value is -2.24. The summed E-state index contributed by atoms with van der Waals surface area (Å²) < 4.78 is 5.10. The van der Waals surface area contributed by atoms with Gasteiger partial charge in [0.15, 0.2) is 0 Å². The van der Waals surface area contributed by atoms with Gasteiger partial charge in [-0.1, -0.05) is 29.8 Å². The first-order valence-electron chi connectivity index (χ1n) is 7.68. The predicted octanol–water partition coefficient (Wildman–Crippen LogP) is 3.18. The lowest BCUT2D eigenvalue weighted by Gasteiger charge is -2.24. The van der Waals surface area contributed by atoms with E-state index in [0.29, 0.717) is 29.4 Å². The average Bonchev–Trinajstić information content (AvgIpc) is 2.59. The lowest BCUT2D eigenvalue weighted by Crippen LogP contribution is -2.34. The van der Waals surface area contributed by atoms with Crippen LogP contribution in [0.1, 0.15) is 6.42 Å². The first-order valence-corrected chi connectivity index (χ1v) is 8.06. The topological polar surface area (TPSA) is 61.8 Å². The van der Waals surface area contributed by atoms with Gasteiger partial charge in [-0.25, -0.2) is 0 Å². The highest BCUT2D eigenvalue weighted by molar-refractivity contribution is 6.32. The van der Waals surface area contributed by atoms with E-state index in [1.54, 1.807) is 25.3 Å². The van der Waals surface area contributed by atoms with Crippen LogP contribution < -0.4 is 15.0 Å². The van der Waals surface area contributed by atoms with E-state index in [-0.39, 0.29) is 19.1 Å². The van der Waals surface area contributed by atoms with Crippen molar-refractivity contribution < 1.29 is 14.6 Å². The van der Waals surface area contributed by atoms with E-state index >= 15 is 0 Å². The Labute approximate surface area is 146 Å². The number of para-hydroxylation sites is 1. The number of nitrogens with zero attached hydrogens (tertiary/aromatic N) is 1. The summed E-state index contributed by atoms with van der Waals surface area (Å²) in [5.41, 5.74) is 1.55. The smallest absolute Gasteiger partial charge is 0.243 e. The minimum Gasteiger partial charge on any atom is -0.495 e. The summed E-state index contributed by atoms with van der Waals surface area (Å²) in [5, 5.41) is 12.3. The van der Waals surface area contributed by atoms with Gasteiger partial charge in [0.2, 0.25) is 5.91 Å². The standard InChI is InChI=1S/C18H21ClN2O3/c1-24-17-9-8-14(12-16(17)19)20-18(23)13-21(10-5-11-22)15-6-3-2-4-7-15/h2-4,6-9,12,22H,5,10-11,13H2,1H3,(H,20,23). The second kappa shape index (κ2) is 9.15. The van der Waals surface area contributed by atoms with Crippen LogP contribution in [-0.4, -0.2) is 37.8 Å². The maximum Gasteiger partial charge on any atom is 0.243 e. The van der Waals surface area contributed by atoms with E-state index in [4.69, 9.17) is 21.4 Å². The number of aliphatic hydroxyl groups is 1. The normalized spacial score (nSPS) is 10.3. The van der Waals surface area contributed by atoms with Gasteiger partial charge in [0.05, 0.1) is 18.7 Å². The van der Waals surface area contributed by atoms with Gasteiger partial charge in [-0.05, 0) is 36.8 Å². The second-order valence-electron chi connectivity index (χ2n) is 5.23. The summed E-state index contributed by atoms with van der Waals surface area (Å²) in [5.74, 6) is 0.404. The maximum absolute atomic E-state index is 12.3. The van der Waals surface area contributed by atoms with Crippen molar-refractivity contribution >= 4 is 28.9 Å². The third-order valence-electron chi connectivity index (χ3n) is 3.48. The number of anilines is 2. The molecule has 2 rings (SSSR count). The van der Waals surface area contributed by atoms with Crippen molar-refractivity contribution in [3.8, 4) is 5.75 Å². The average molecular weight is 349 g/mol. The van der Waals surface area contributed by atoms with Crippen LogP contribution in [0.5, 0.6) is 5.75 Å². The third kappa shape index (κ3) is 5.15. The fourth-order valence-corrected chi connectivity index (χ4v) is 2.58. The Kier molecular flexibility index (Phi) is 6.90. The number of hydrogen-bond donors (Lipinski definition) is 2. The summed E-state index contributed by atoms with van der Waals surface area (Å²) in [6, 6.07) is 14.7. The van der Waals surface area contributed by atoms with E-state index < -0.39 is 0 Å². The zero-order chi connectivity index (χ0) is 17.4.